The minimum atomic E-state index is -4.43. The zero-order valence-corrected chi connectivity index (χ0v) is 16.4. The summed E-state index contributed by atoms with van der Waals surface area (Å²) < 4.78 is 43.3. The van der Waals surface area contributed by atoms with Gasteiger partial charge in [0.05, 0.1) is 28.4 Å². The normalized spacial score (nSPS) is 11.4. The molecule has 4 nitrogen and oxygen atoms in total. The fourth-order valence-corrected chi connectivity index (χ4v) is 3.03. The highest BCUT2D eigenvalue weighted by atomic mass is 35.5. The molecule has 0 saturated heterocycles. The number of halogens is 6. The van der Waals surface area contributed by atoms with Crippen molar-refractivity contribution in [1.29, 1.82) is 0 Å². The van der Waals surface area contributed by atoms with Crippen LogP contribution < -0.4 is 10.1 Å². The van der Waals surface area contributed by atoms with E-state index in [-0.39, 0.29) is 11.0 Å². The minimum absolute atomic E-state index is 0.101. The van der Waals surface area contributed by atoms with Gasteiger partial charge in [0.15, 0.2) is 5.82 Å². The van der Waals surface area contributed by atoms with Crippen LogP contribution >= 0.6 is 34.8 Å². The third-order valence-electron chi connectivity index (χ3n) is 3.67. The van der Waals surface area contributed by atoms with E-state index in [0.717, 1.165) is 12.1 Å². The molecule has 0 aliphatic rings. The zero-order valence-electron chi connectivity index (χ0n) is 14.1. The van der Waals surface area contributed by atoms with Gasteiger partial charge in [-0.05, 0) is 18.2 Å². The molecule has 0 fully saturated rings. The van der Waals surface area contributed by atoms with Crippen molar-refractivity contribution in [3.05, 3.63) is 63.2 Å². The maximum atomic E-state index is 12.7. The number of alkyl halides is 3. The molecule has 3 rings (SSSR count). The van der Waals surface area contributed by atoms with Crippen molar-refractivity contribution >= 4 is 46.3 Å². The SMILES string of the molecule is COc1cc(Nc2cc(Cl)nc(-c3ccc(C(F)(F)F)cc3)n2)c(Cl)cc1Cl. The van der Waals surface area contributed by atoms with Crippen LogP contribution in [-0.4, -0.2) is 17.1 Å². The number of hydrogen-bond acceptors (Lipinski definition) is 4. The van der Waals surface area contributed by atoms with Crippen LogP contribution in [-0.2, 0) is 6.18 Å². The summed E-state index contributed by atoms with van der Waals surface area (Å²) in [6.45, 7) is 0. The highest BCUT2D eigenvalue weighted by Crippen LogP contribution is 2.36. The van der Waals surface area contributed by atoms with E-state index in [2.05, 4.69) is 15.3 Å². The van der Waals surface area contributed by atoms with Crippen LogP contribution in [0.25, 0.3) is 11.4 Å². The summed E-state index contributed by atoms with van der Waals surface area (Å²) in [6.07, 6.45) is -4.43. The first-order chi connectivity index (χ1) is 13.2. The molecular weight excluding hydrogens is 438 g/mol. The molecule has 28 heavy (non-hydrogen) atoms. The highest BCUT2D eigenvalue weighted by molar-refractivity contribution is 6.37. The average molecular weight is 449 g/mol. The Morgan fingerprint density at radius 3 is 2.21 bits per heavy atom. The molecule has 3 aromatic rings. The molecule has 0 saturated carbocycles. The number of rotatable bonds is 4. The van der Waals surface area contributed by atoms with Gasteiger partial charge in [-0.2, -0.15) is 13.2 Å². The van der Waals surface area contributed by atoms with E-state index in [4.69, 9.17) is 39.5 Å². The summed E-state index contributed by atoms with van der Waals surface area (Å²) in [4.78, 5) is 8.35. The molecule has 2 aromatic carbocycles. The van der Waals surface area contributed by atoms with Crippen LogP contribution in [0.3, 0.4) is 0 Å². The molecule has 146 valence electrons. The Kier molecular flexibility index (Phi) is 5.88. The molecule has 0 unspecified atom stereocenters. The van der Waals surface area contributed by atoms with Crippen molar-refractivity contribution in [2.24, 2.45) is 0 Å². The predicted molar refractivity (Wildman–Crippen MR) is 104 cm³/mol. The van der Waals surface area contributed by atoms with Crippen molar-refractivity contribution < 1.29 is 17.9 Å². The topological polar surface area (TPSA) is 47.0 Å². The fourth-order valence-electron chi connectivity index (χ4n) is 2.34. The number of anilines is 2. The van der Waals surface area contributed by atoms with Gasteiger partial charge < -0.3 is 10.1 Å². The molecule has 0 spiro atoms. The number of aromatic nitrogens is 2. The summed E-state index contributed by atoms with van der Waals surface area (Å²) in [5.74, 6) is 0.846. The molecule has 0 aliphatic carbocycles. The largest absolute Gasteiger partial charge is 0.495 e. The maximum Gasteiger partial charge on any atom is 0.416 e. The lowest BCUT2D eigenvalue weighted by Gasteiger charge is -2.12. The number of methoxy groups -OCH3 is 1. The van der Waals surface area contributed by atoms with Gasteiger partial charge in [0.2, 0.25) is 0 Å². The zero-order chi connectivity index (χ0) is 20.5. The van der Waals surface area contributed by atoms with Gasteiger partial charge in [-0.1, -0.05) is 46.9 Å². The molecule has 1 heterocycles. The molecule has 1 aromatic heterocycles. The third kappa shape index (κ3) is 4.60. The fraction of sp³-hybridized carbons (Fsp3) is 0.111. The number of benzene rings is 2. The number of hydrogen-bond donors (Lipinski definition) is 1. The number of nitrogens with zero attached hydrogens (tertiary/aromatic N) is 2. The molecule has 0 amide bonds. The standard InChI is InChI=1S/C18H11Cl3F3N3O/c1-28-14-7-13(11(19)6-12(14)20)25-16-8-15(21)26-17(27-16)9-2-4-10(5-3-9)18(22,23)24/h2-8H,1H3,(H,25,26,27). The van der Waals surface area contributed by atoms with Gasteiger partial charge in [-0.15, -0.1) is 0 Å². The van der Waals surface area contributed by atoms with Crippen LogP contribution in [0.2, 0.25) is 15.2 Å². The summed E-state index contributed by atoms with van der Waals surface area (Å²) in [5, 5.41) is 3.73. The van der Waals surface area contributed by atoms with E-state index in [0.29, 0.717) is 32.9 Å². The minimum Gasteiger partial charge on any atom is -0.495 e. The molecule has 10 heteroatoms. The van der Waals surface area contributed by atoms with Crippen LogP contribution in [0.15, 0.2) is 42.5 Å². The number of ether oxygens (including phenoxy) is 1. The van der Waals surface area contributed by atoms with Crippen LogP contribution in [0.5, 0.6) is 5.75 Å². The Labute approximate surface area is 173 Å². The van der Waals surface area contributed by atoms with Gasteiger partial charge in [0, 0.05) is 17.7 Å². The van der Waals surface area contributed by atoms with E-state index < -0.39 is 11.7 Å². The Hall–Kier alpha value is -2.22. The van der Waals surface area contributed by atoms with Crippen molar-refractivity contribution in [3.63, 3.8) is 0 Å². The lowest BCUT2D eigenvalue weighted by atomic mass is 10.1. The number of nitrogens with one attached hydrogen (secondary N) is 1. The average Bonchev–Trinajstić information content (AvgIpc) is 2.63. The smallest absolute Gasteiger partial charge is 0.416 e. The Morgan fingerprint density at radius 2 is 1.61 bits per heavy atom. The maximum absolute atomic E-state index is 12.7. The van der Waals surface area contributed by atoms with Gasteiger partial charge in [-0.25, -0.2) is 9.97 Å². The Morgan fingerprint density at radius 1 is 0.929 bits per heavy atom. The molecule has 0 aliphatic heterocycles. The first-order valence-electron chi connectivity index (χ1n) is 7.69. The Balaban J connectivity index is 1.94. The molecule has 0 radical (unpaired) electrons. The molecule has 0 bridgehead atoms. The van der Waals surface area contributed by atoms with E-state index in [1.807, 2.05) is 0 Å². The summed E-state index contributed by atoms with van der Waals surface area (Å²) in [5.41, 5.74) is 0.0612. The second kappa shape index (κ2) is 8.03. The van der Waals surface area contributed by atoms with Gasteiger partial charge in [0.1, 0.15) is 16.7 Å². The van der Waals surface area contributed by atoms with Crippen molar-refractivity contribution in [3.8, 4) is 17.1 Å². The highest BCUT2D eigenvalue weighted by Gasteiger charge is 2.30. The van der Waals surface area contributed by atoms with Crippen molar-refractivity contribution in [2.45, 2.75) is 6.18 Å². The van der Waals surface area contributed by atoms with E-state index >= 15 is 0 Å². The molecular formula is C18H11Cl3F3N3O. The van der Waals surface area contributed by atoms with E-state index in [9.17, 15) is 13.2 Å². The summed E-state index contributed by atoms with van der Waals surface area (Å²) in [7, 11) is 1.46. The monoisotopic (exact) mass is 447 g/mol. The Bertz CT molecular complexity index is 1010. The summed E-state index contributed by atoms with van der Waals surface area (Å²) in [6, 6.07) is 8.99. The van der Waals surface area contributed by atoms with Crippen LogP contribution in [0, 0.1) is 0 Å². The van der Waals surface area contributed by atoms with Crippen LogP contribution in [0.1, 0.15) is 5.56 Å². The first-order valence-corrected chi connectivity index (χ1v) is 8.83. The molecule has 1 N–H and O–H groups in total. The second-order valence-electron chi connectivity index (χ2n) is 5.57. The van der Waals surface area contributed by atoms with E-state index in [1.165, 1.54) is 31.4 Å². The van der Waals surface area contributed by atoms with Gasteiger partial charge in [0.25, 0.3) is 0 Å². The summed E-state index contributed by atoms with van der Waals surface area (Å²) >= 11 is 18.2. The lowest BCUT2D eigenvalue weighted by Crippen LogP contribution is -2.04. The molecule has 0 atom stereocenters. The second-order valence-corrected chi connectivity index (χ2v) is 6.77. The van der Waals surface area contributed by atoms with E-state index in [1.54, 1.807) is 6.07 Å². The predicted octanol–water partition coefficient (Wildman–Crippen LogP) is 6.87. The van der Waals surface area contributed by atoms with Gasteiger partial charge in [-0.3, -0.25) is 0 Å². The van der Waals surface area contributed by atoms with Crippen molar-refractivity contribution in [2.75, 3.05) is 12.4 Å². The quantitative estimate of drug-likeness (QED) is 0.442. The van der Waals surface area contributed by atoms with Crippen molar-refractivity contribution in [1.82, 2.24) is 9.97 Å². The lowest BCUT2D eigenvalue weighted by molar-refractivity contribution is -0.137. The van der Waals surface area contributed by atoms with Crippen LogP contribution in [0.4, 0.5) is 24.7 Å². The third-order valence-corrected chi connectivity index (χ3v) is 4.47. The first kappa shape index (κ1) is 20.5. The van der Waals surface area contributed by atoms with Gasteiger partial charge >= 0.3 is 6.18 Å².